The summed E-state index contributed by atoms with van der Waals surface area (Å²) in [5.74, 6) is 0. The second-order valence-electron chi connectivity index (χ2n) is 14.6. The summed E-state index contributed by atoms with van der Waals surface area (Å²) < 4.78 is 2.42. The number of hydrogen-bond donors (Lipinski definition) is 0. The van der Waals surface area contributed by atoms with Gasteiger partial charge in [0.15, 0.2) is 0 Å². The highest BCUT2D eigenvalue weighted by Crippen LogP contribution is 2.51. The second-order valence-corrected chi connectivity index (χ2v) is 14.6. The molecular formula is C50H41N3. The molecule has 0 saturated carbocycles. The Morgan fingerprint density at radius 1 is 0.566 bits per heavy atom. The number of benzene rings is 6. The van der Waals surface area contributed by atoms with Crippen LogP contribution in [0.15, 0.2) is 164 Å². The first kappa shape index (κ1) is 32.5. The lowest BCUT2D eigenvalue weighted by Gasteiger charge is -2.26. The molecule has 9 rings (SSSR count). The quantitative estimate of drug-likeness (QED) is 0.156. The lowest BCUT2D eigenvalue weighted by molar-refractivity contribution is 0.660. The fourth-order valence-electron chi connectivity index (χ4n) is 8.14. The zero-order valence-corrected chi connectivity index (χ0v) is 30.6. The van der Waals surface area contributed by atoms with Crippen molar-refractivity contribution >= 4 is 40.1 Å². The fraction of sp³-hybridized carbons (Fsp3) is 0.100. The summed E-state index contributed by atoms with van der Waals surface area (Å²) in [5, 5.41) is 1.33. The number of aromatic nitrogens is 2. The molecule has 0 unspecified atom stereocenters. The van der Waals surface area contributed by atoms with Gasteiger partial charge in [0.2, 0.25) is 0 Å². The SMILES string of the molecule is Cc1c(C)n(-c2ccccc2)c2cc3c(cc12)-c1ccc(C=Cc2ccc(N(c4ccccc4)c4cccc(-c5cccnc5)c4)cc2)cc1C3(C)C. The molecule has 3 heteroatoms. The fourth-order valence-corrected chi connectivity index (χ4v) is 8.14. The Balaban J connectivity index is 1.02. The largest absolute Gasteiger partial charge is 0.314 e. The number of aryl methyl sites for hydroxylation is 1. The predicted molar refractivity (Wildman–Crippen MR) is 224 cm³/mol. The van der Waals surface area contributed by atoms with Crippen molar-refractivity contribution in [3.8, 4) is 27.9 Å². The van der Waals surface area contributed by atoms with Gasteiger partial charge in [-0.25, -0.2) is 0 Å². The van der Waals surface area contributed by atoms with E-state index in [-0.39, 0.29) is 5.41 Å². The van der Waals surface area contributed by atoms with Crippen molar-refractivity contribution < 1.29 is 0 Å². The number of fused-ring (bicyclic) bond motifs is 4. The molecule has 0 bridgehead atoms. The summed E-state index contributed by atoms with van der Waals surface area (Å²) >= 11 is 0. The van der Waals surface area contributed by atoms with Crippen molar-refractivity contribution in [1.82, 2.24) is 9.55 Å². The van der Waals surface area contributed by atoms with E-state index in [2.05, 4.69) is 200 Å². The minimum atomic E-state index is -0.118. The summed E-state index contributed by atoms with van der Waals surface area (Å²) in [4.78, 5) is 6.65. The van der Waals surface area contributed by atoms with Gasteiger partial charge in [-0.3, -0.25) is 4.98 Å². The van der Waals surface area contributed by atoms with Crippen LogP contribution in [-0.2, 0) is 5.41 Å². The van der Waals surface area contributed by atoms with Crippen LogP contribution in [0, 0.1) is 13.8 Å². The number of rotatable bonds is 7. The van der Waals surface area contributed by atoms with Crippen LogP contribution < -0.4 is 4.90 Å². The van der Waals surface area contributed by atoms with Crippen LogP contribution in [0.25, 0.3) is 51.0 Å². The predicted octanol–water partition coefficient (Wildman–Crippen LogP) is 13.3. The summed E-state index contributed by atoms with van der Waals surface area (Å²) in [5.41, 5.74) is 18.4. The Bertz CT molecular complexity index is 2630. The molecular weight excluding hydrogens is 643 g/mol. The van der Waals surface area contributed by atoms with Crippen LogP contribution in [-0.4, -0.2) is 9.55 Å². The number of hydrogen-bond acceptors (Lipinski definition) is 2. The van der Waals surface area contributed by atoms with Gasteiger partial charge in [-0.15, -0.1) is 0 Å². The monoisotopic (exact) mass is 683 g/mol. The van der Waals surface area contributed by atoms with Crippen LogP contribution in [0.3, 0.4) is 0 Å². The van der Waals surface area contributed by atoms with Gasteiger partial charge >= 0.3 is 0 Å². The zero-order valence-electron chi connectivity index (χ0n) is 30.6. The van der Waals surface area contributed by atoms with Crippen LogP contribution in [0.4, 0.5) is 17.1 Å². The normalized spacial score (nSPS) is 13.0. The van der Waals surface area contributed by atoms with Crippen molar-refractivity contribution in [3.05, 3.63) is 198 Å². The van der Waals surface area contributed by atoms with Crippen LogP contribution in [0.5, 0.6) is 0 Å². The van der Waals surface area contributed by atoms with Gasteiger partial charge in [0.25, 0.3) is 0 Å². The minimum absolute atomic E-state index is 0.118. The highest BCUT2D eigenvalue weighted by atomic mass is 15.1. The summed E-state index contributed by atoms with van der Waals surface area (Å²) in [6.07, 6.45) is 8.19. The first-order valence-corrected chi connectivity index (χ1v) is 18.4. The number of pyridine rings is 1. The van der Waals surface area contributed by atoms with E-state index in [1.54, 1.807) is 0 Å². The highest BCUT2D eigenvalue weighted by Gasteiger charge is 2.36. The number of anilines is 3. The average molecular weight is 684 g/mol. The molecule has 2 aromatic heterocycles. The maximum Gasteiger partial charge on any atom is 0.0537 e. The highest BCUT2D eigenvalue weighted by molar-refractivity contribution is 5.96. The third-order valence-electron chi connectivity index (χ3n) is 11.1. The maximum absolute atomic E-state index is 4.34. The van der Waals surface area contributed by atoms with E-state index in [9.17, 15) is 0 Å². The van der Waals surface area contributed by atoms with E-state index in [1.165, 1.54) is 55.7 Å². The molecule has 0 saturated heterocycles. The summed E-state index contributed by atoms with van der Waals surface area (Å²) in [7, 11) is 0. The Kier molecular flexibility index (Phi) is 7.93. The smallest absolute Gasteiger partial charge is 0.0537 e. The molecule has 6 aromatic carbocycles. The first-order valence-electron chi connectivity index (χ1n) is 18.4. The molecule has 0 amide bonds. The molecule has 0 aliphatic heterocycles. The van der Waals surface area contributed by atoms with Gasteiger partial charge in [0.05, 0.1) is 5.52 Å². The topological polar surface area (TPSA) is 21.1 Å². The Labute approximate surface area is 312 Å². The van der Waals surface area contributed by atoms with Gasteiger partial charge in [-0.05, 0) is 125 Å². The minimum Gasteiger partial charge on any atom is -0.314 e. The van der Waals surface area contributed by atoms with Crippen molar-refractivity contribution in [2.45, 2.75) is 33.1 Å². The van der Waals surface area contributed by atoms with E-state index in [4.69, 9.17) is 0 Å². The molecule has 256 valence electrons. The van der Waals surface area contributed by atoms with Gasteiger partial charge < -0.3 is 9.47 Å². The Morgan fingerprint density at radius 2 is 1.23 bits per heavy atom. The van der Waals surface area contributed by atoms with E-state index in [1.807, 2.05) is 18.5 Å². The van der Waals surface area contributed by atoms with Crippen molar-refractivity contribution in [1.29, 1.82) is 0 Å². The molecule has 0 fully saturated rings. The molecule has 0 N–H and O–H groups in total. The number of para-hydroxylation sites is 2. The molecule has 0 atom stereocenters. The molecule has 0 spiro atoms. The standard InChI is InChI=1S/C50H41N3/c1-34-35(2)52(40-15-7-5-8-16-40)49-32-48-46(31-45(34)49)44-27-24-37(29-47(44)50(48,3)4)21-20-36-22-25-42(26-23-36)53(41-17-9-6-10-18-41)43-19-11-13-38(30-43)39-14-12-28-51-33-39/h5-33H,1-4H3. The van der Waals surface area contributed by atoms with Crippen LogP contribution in [0.1, 0.15) is 47.4 Å². The maximum atomic E-state index is 4.34. The van der Waals surface area contributed by atoms with E-state index in [0.29, 0.717) is 0 Å². The van der Waals surface area contributed by atoms with Crippen molar-refractivity contribution in [2.75, 3.05) is 4.90 Å². The number of nitrogens with zero attached hydrogens (tertiary/aromatic N) is 3. The summed E-state index contributed by atoms with van der Waals surface area (Å²) in [6.45, 7) is 9.23. The van der Waals surface area contributed by atoms with Gasteiger partial charge in [0, 0.05) is 57.2 Å². The lowest BCUT2D eigenvalue weighted by atomic mass is 9.81. The average Bonchev–Trinajstić information content (AvgIpc) is 3.58. The van der Waals surface area contributed by atoms with Crippen LogP contribution >= 0.6 is 0 Å². The van der Waals surface area contributed by atoms with E-state index >= 15 is 0 Å². The molecule has 3 nitrogen and oxygen atoms in total. The molecule has 1 aliphatic rings. The zero-order chi connectivity index (χ0) is 36.1. The molecule has 0 radical (unpaired) electrons. The van der Waals surface area contributed by atoms with Gasteiger partial charge in [0.1, 0.15) is 0 Å². The van der Waals surface area contributed by atoms with Crippen molar-refractivity contribution in [3.63, 3.8) is 0 Å². The lowest BCUT2D eigenvalue weighted by Crippen LogP contribution is -2.15. The van der Waals surface area contributed by atoms with Gasteiger partial charge in [-0.1, -0.05) is 111 Å². The van der Waals surface area contributed by atoms with E-state index in [0.717, 1.165) is 33.8 Å². The molecule has 8 aromatic rings. The molecule has 1 aliphatic carbocycles. The Hall–Kier alpha value is -6.45. The van der Waals surface area contributed by atoms with Crippen molar-refractivity contribution in [2.24, 2.45) is 0 Å². The molecule has 2 heterocycles. The molecule has 53 heavy (non-hydrogen) atoms. The van der Waals surface area contributed by atoms with Crippen LogP contribution in [0.2, 0.25) is 0 Å². The first-order chi connectivity index (χ1) is 25.9. The Morgan fingerprint density at radius 3 is 1.98 bits per heavy atom. The summed E-state index contributed by atoms with van der Waals surface area (Å²) in [6, 6.07) is 54.7. The third kappa shape index (κ3) is 5.66. The van der Waals surface area contributed by atoms with Gasteiger partial charge in [-0.2, -0.15) is 0 Å². The van der Waals surface area contributed by atoms with E-state index < -0.39 is 0 Å². The third-order valence-corrected chi connectivity index (χ3v) is 11.1. The second kappa shape index (κ2) is 13.0.